The molecule has 8 nitrogen and oxygen atoms in total. The van der Waals surface area contributed by atoms with E-state index in [0.29, 0.717) is 45.6 Å². The molecule has 1 saturated heterocycles. The summed E-state index contributed by atoms with van der Waals surface area (Å²) in [6.07, 6.45) is 0. The Morgan fingerprint density at radius 3 is 1.58 bits per heavy atom. The average Bonchev–Trinajstić information content (AvgIpc) is 3.91. The Labute approximate surface area is 397 Å². The highest BCUT2D eigenvalue weighted by Crippen LogP contribution is 2.73. The van der Waals surface area contributed by atoms with Gasteiger partial charge in [-0.05, 0) is 80.6 Å². The first kappa shape index (κ1) is 44.9. The number of benzene rings is 7. The van der Waals surface area contributed by atoms with E-state index in [4.69, 9.17) is 36.6 Å². The van der Waals surface area contributed by atoms with Crippen LogP contribution < -0.4 is 27.6 Å². The summed E-state index contributed by atoms with van der Waals surface area (Å²) in [6, 6.07) is 54.0. The van der Waals surface area contributed by atoms with E-state index in [1.165, 1.54) is 0 Å². The van der Waals surface area contributed by atoms with E-state index in [0.717, 1.165) is 44.5 Å². The van der Waals surface area contributed by atoms with Crippen LogP contribution in [0.5, 0.6) is 34.5 Å². The second-order valence-corrected chi connectivity index (χ2v) is 21.9. The maximum Gasteiger partial charge on any atom is 0.530 e. The fraction of sp³-hybridized carbons (Fsp3) is 0.263. The molecule has 342 valence electrons. The summed E-state index contributed by atoms with van der Waals surface area (Å²) >= 11 is 0. The minimum absolute atomic E-state index is 0.0831. The highest BCUT2D eigenvalue weighted by molar-refractivity contribution is 7.43. The molecular formula is C57H56O8P2. The van der Waals surface area contributed by atoms with Gasteiger partial charge in [0.25, 0.3) is 0 Å². The van der Waals surface area contributed by atoms with Crippen molar-refractivity contribution in [2.45, 2.75) is 82.8 Å². The number of methoxy groups -OCH3 is 2. The minimum atomic E-state index is -2.20. The van der Waals surface area contributed by atoms with Crippen molar-refractivity contribution in [2.75, 3.05) is 14.2 Å². The van der Waals surface area contributed by atoms with Crippen LogP contribution in [0.15, 0.2) is 158 Å². The standard InChI is InChI=1S/C57H56O8P2/c1-53(2,3)40-30-31-49-50(32-40)61-66(60-49)62-51-43(33-41(58-9)35-47(51)54(4,5)6)44-34-42(59-10)36-48-52(44)63-67-64-56(37-22-14-11-15-23-37,38-24-16-12-17-25-38)57(65-67,39-26-18-13-19-27-39)46-29-21-20-28-45(46)55(48,7)8/h11-36H,1-10H3. The normalized spacial score (nSPS) is 20.0. The van der Waals surface area contributed by atoms with E-state index in [-0.39, 0.29) is 5.41 Å². The Hall–Kier alpha value is -5.88. The highest BCUT2D eigenvalue weighted by Gasteiger charge is 2.68. The molecule has 67 heavy (non-hydrogen) atoms. The molecule has 0 N–H and O–H groups in total. The Kier molecular flexibility index (Phi) is 11.2. The topological polar surface area (TPSA) is 73.8 Å². The minimum Gasteiger partial charge on any atom is -0.497 e. The van der Waals surface area contributed by atoms with Gasteiger partial charge < -0.3 is 27.6 Å². The van der Waals surface area contributed by atoms with Crippen LogP contribution >= 0.6 is 17.2 Å². The quantitative estimate of drug-likeness (QED) is 0.140. The third-order valence-electron chi connectivity index (χ3n) is 13.3. The van der Waals surface area contributed by atoms with Crippen molar-refractivity contribution in [3.05, 3.63) is 202 Å². The van der Waals surface area contributed by atoms with E-state index in [9.17, 15) is 0 Å². The zero-order valence-electron chi connectivity index (χ0n) is 39.7. The molecule has 2 bridgehead atoms. The van der Waals surface area contributed by atoms with Gasteiger partial charge in [0.1, 0.15) is 23.0 Å². The Morgan fingerprint density at radius 1 is 0.478 bits per heavy atom. The van der Waals surface area contributed by atoms with Gasteiger partial charge in [-0.3, -0.25) is 9.05 Å². The van der Waals surface area contributed by atoms with Crippen molar-refractivity contribution in [2.24, 2.45) is 0 Å². The molecule has 0 aromatic heterocycles. The Morgan fingerprint density at radius 2 is 1.00 bits per heavy atom. The summed E-state index contributed by atoms with van der Waals surface area (Å²) in [6.45, 7) is 17.5. The van der Waals surface area contributed by atoms with Crippen LogP contribution in [-0.4, -0.2) is 14.2 Å². The zero-order valence-corrected chi connectivity index (χ0v) is 41.5. The SMILES string of the molecule is COc1cc(-c2cc(OC)cc3c2OP2OC(c4ccccc4)(c4ccccc4)C(c4ccccc4)(O2)c2ccccc2C3(C)C)c(OP2Oc3ccc(C(C)(C)C)cc3O2)c(C(C)(C)C)c1. The third-order valence-corrected chi connectivity index (χ3v) is 15.5. The number of fused-ring (bicyclic) bond motifs is 6. The molecule has 0 aliphatic carbocycles. The summed E-state index contributed by atoms with van der Waals surface area (Å²) in [4.78, 5) is 0. The summed E-state index contributed by atoms with van der Waals surface area (Å²) < 4.78 is 55.3. The van der Waals surface area contributed by atoms with Gasteiger partial charge in [-0.15, -0.1) is 0 Å². The van der Waals surface area contributed by atoms with Crippen LogP contribution in [0, 0.1) is 0 Å². The molecule has 0 amide bonds. The molecule has 3 aliphatic heterocycles. The molecule has 7 aromatic rings. The van der Waals surface area contributed by atoms with E-state index in [1.54, 1.807) is 14.2 Å². The van der Waals surface area contributed by atoms with Gasteiger partial charge in [0.15, 0.2) is 22.7 Å². The average molecular weight is 931 g/mol. The molecular weight excluding hydrogens is 875 g/mol. The Balaban J connectivity index is 1.24. The molecule has 10 rings (SSSR count). The van der Waals surface area contributed by atoms with Crippen molar-refractivity contribution in [3.8, 4) is 45.6 Å². The largest absolute Gasteiger partial charge is 0.530 e. The maximum atomic E-state index is 7.73. The summed E-state index contributed by atoms with van der Waals surface area (Å²) in [5.41, 5.74) is 5.33. The lowest BCUT2D eigenvalue weighted by Gasteiger charge is -2.46. The number of hydrogen-bond donors (Lipinski definition) is 0. The molecule has 3 unspecified atom stereocenters. The van der Waals surface area contributed by atoms with Gasteiger partial charge >= 0.3 is 17.2 Å². The predicted octanol–water partition coefficient (Wildman–Crippen LogP) is 15.2. The fourth-order valence-electron chi connectivity index (χ4n) is 9.78. The lowest BCUT2D eigenvalue weighted by Crippen LogP contribution is -2.50. The lowest BCUT2D eigenvalue weighted by atomic mass is 9.62. The Bertz CT molecular complexity index is 2920. The molecule has 0 saturated carbocycles. The monoisotopic (exact) mass is 930 g/mol. The summed E-state index contributed by atoms with van der Waals surface area (Å²) in [5.74, 6) is 3.70. The van der Waals surface area contributed by atoms with Gasteiger partial charge in [0.05, 0.1) is 14.2 Å². The predicted molar refractivity (Wildman–Crippen MR) is 267 cm³/mol. The van der Waals surface area contributed by atoms with Crippen LogP contribution in [0.3, 0.4) is 0 Å². The lowest BCUT2D eigenvalue weighted by molar-refractivity contribution is 0.00259. The van der Waals surface area contributed by atoms with E-state index < -0.39 is 39.2 Å². The van der Waals surface area contributed by atoms with E-state index >= 15 is 0 Å². The molecule has 3 aliphatic rings. The third kappa shape index (κ3) is 7.45. The van der Waals surface area contributed by atoms with Crippen molar-refractivity contribution in [1.29, 1.82) is 0 Å². The first-order valence-corrected chi connectivity index (χ1v) is 24.8. The zero-order chi connectivity index (χ0) is 46.9. The summed E-state index contributed by atoms with van der Waals surface area (Å²) in [5, 5.41) is 0. The second kappa shape index (κ2) is 16.7. The van der Waals surface area contributed by atoms with E-state index in [2.05, 4.69) is 165 Å². The number of ether oxygens (including phenoxy) is 2. The van der Waals surface area contributed by atoms with Crippen molar-refractivity contribution in [1.82, 2.24) is 0 Å². The highest BCUT2D eigenvalue weighted by atomic mass is 31.2. The van der Waals surface area contributed by atoms with Gasteiger partial charge in [-0.2, -0.15) is 0 Å². The second-order valence-electron chi connectivity index (χ2n) is 19.9. The molecule has 7 aromatic carbocycles. The smallest absolute Gasteiger partial charge is 0.497 e. The van der Waals surface area contributed by atoms with Crippen LogP contribution in [0.4, 0.5) is 0 Å². The van der Waals surface area contributed by atoms with Crippen LogP contribution in [-0.2, 0) is 36.5 Å². The van der Waals surface area contributed by atoms with Gasteiger partial charge in [0.2, 0.25) is 0 Å². The first-order valence-electron chi connectivity index (χ1n) is 22.7. The van der Waals surface area contributed by atoms with Gasteiger partial charge in [-0.25, -0.2) is 0 Å². The molecule has 10 heteroatoms. The first-order chi connectivity index (χ1) is 32.1. The van der Waals surface area contributed by atoms with Crippen molar-refractivity contribution >= 4 is 17.2 Å². The number of hydrogen-bond acceptors (Lipinski definition) is 8. The maximum absolute atomic E-state index is 7.73. The molecule has 0 radical (unpaired) electrons. The van der Waals surface area contributed by atoms with Gasteiger partial charge in [0, 0.05) is 27.7 Å². The van der Waals surface area contributed by atoms with Crippen LogP contribution in [0.1, 0.15) is 99.9 Å². The van der Waals surface area contributed by atoms with Crippen molar-refractivity contribution in [3.63, 3.8) is 0 Å². The fourth-order valence-corrected chi connectivity index (χ4v) is 12.4. The number of rotatable bonds is 8. The molecule has 1 fully saturated rings. The van der Waals surface area contributed by atoms with E-state index in [1.807, 2.05) is 48.5 Å². The van der Waals surface area contributed by atoms with Crippen LogP contribution in [0.2, 0.25) is 0 Å². The van der Waals surface area contributed by atoms with Crippen LogP contribution in [0.25, 0.3) is 11.1 Å². The van der Waals surface area contributed by atoms with Crippen molar-refractivity contribution < 1.29 is 36.6 Å². The van der Waals surface area contributed by atoms with Gasteiger partial charge in [-0.1, -0.05) is 177 Å². The summed E-state index contributed by atoms with van der Waals surface area (Å²) in [7, 11) is -0.764. The molecule has 0 spiro atoms. The molecule has 3 atom stereocenters. The molecule has 3 heterocycles.